The molecule has 1 unspecified atom stereocenters. The number of hydrogen-bond acceptors (Lipinski definition) is 1. The molecule has 2 nitrogen and oxygen atoms in total. The maximum absolute atomic E-state index is 10.8. The highest BCUT2D eigenvalue weighted by atomic mass is 16.4. The Labute approximate surface area is 89.6 Å². The average Bonchev–Trinajstić information content (AvgIpc) is 2.26. The number of hydrogen-bond donors (Lipinski definition) is 1. The van der Waals surface area contributed by atoms with E-state index in [9.17, 15) is 4.79 Å². The molecule has 0 radical (unpaired) electrons. The number of carbonyl (C=O) groups is 1. The van der Waals surface area contributed by atoms with Gasteiger partial charge >= 0.3 is 5.97 Å². The first-order valence-corrected chi connectivity index (χ1v) is 4.71. The van der Waals surface area contributed by atoms with Gasteiger partial charge in [0.15, 0.2) is 0 Å². The second kappa shape index (κ2) is 4.60. The fourth-order valence-electron chi connectivity index (χ4n) is 1.35. The van der Waals surface area contributed by atoms with Crippen LogP contribution < -0.4 is 0 Å². The van der Waals surface area contributed by atoms with E-state index in [0.717, 1.165) is 11.1 Å². The van der Waals surface area contributed by atoms with Gasteiger partial charge in [0.05, 0.1) is 5.92 Å². The SMILES string of the molecule is C=Cc1ccccc1C(=C)C(C)C(=O)O. The van der Waals surface area contributed by atoms with Gasteiger partial charge in [-0.15, -0.1) is 0 Å². The smallest absolute Gasteiger partial charge is 0.310 e. The highest BCUT2D eigenvalue weighted by Gasteiger charge is 2.17. The summed E-state index contributed by atoms with van der Waals surface area (Å²) in [4.78, 5) is 10.8. The Morgan fingerprint density at radius 2 is 2.07 bits per heavy atom. The van der Waals surface area contributed by atoms with Crippen molar-refractivity contribution in [1.29, 1.82) is 0 Å². The summed E-state index contributed by atoms with van der Waals surface area (Å²) in [5.41, 5.74) is 2.37. The van der Waals surface area contributed by atoms with Crippen LogP contribution >= 0.6 is 0 Å². The number of benzene rings is 1. The van der Waals surface area contributed by atoms with Gasteiger partial charge in [0.25, 0.3) is 0 Å². The quantitative estimate of drug-likeness (QED) is 0.814. The normalized spacial score (nSPS) is 11.8. The molecule has 0 saturated heterocycles. The number of rotatable bonds is 4. The van der Waals surface area contributed by atoms with Gasteiger partial charge < -0.3 is 5.11 Å². The van der Waals surface area contributed by atoms with Crippen molar-refractivity contribution in [2.75, 3.05) is 0 Å². The Morgan fingerprint density at radius 1 is 1.47 bits per heavy atom. The molecule has 0 amide bonds. The molecule has 0 spiro atoms. The minimum atomic E-state index is -0.862. The zero-order valence-corrected chi connectivity index (χ0v) is 8.73. The van der Waals surface area contributed by atoms with Crippen LogP contribution in [0.3, 0.4) is 0 Å². The van der Waals surface area contributed by atoms with Gasteiger partial charge in [0.1, 0.15) is 0 Å². The minimum absolute atomic E-state index is 0.578. The lowest BCUT2D eigenvalue weighted by atomic mass is 9.92. The molecule has 2 heteroatoms. The summed E-state index contributed by atoms with van der Waals surface area (Å²) in [6, 6.07) is 7.50. The molecule has 78 valence electrons. The van der Waals surface area contributed by atoms with E-state index in [1.54, 1.807) is 13.0 Å². The zero-order valence-electron chi connectivity index (χ0n) is 8.73. The van der Waals surface area contributed by atoms with Crippen LogP contribution in [0, 0.1) is 5.92 Å². The number of carboxylic acids is 1. The first-order chi connectivity index (χ1) is 7.07. The van der Waals surface area contributed by atoms with Gasteiger partial charge in [0, 0.05) is 0 Å². The molecule has 0 bridgehead atoms. The predicted molar refractivity (Wildman–Crippen MR) is 62.4 cm³/mol. The molecule has 1 rings (SSSR count). The van der Waals surface area contributed by atoms with E-state index >= 15 is 0 Å². The third-order valence-corrected chi connectivity index (χ3v) is 2.42. The van der Waals surface area contributed by atoms with Crippen LogP contribution in [0.5, 0.6) is 0 Å². The van der Waals surface area contributed by atoms with Crippen LogP contribution in [0.4, 0.5) is 0 Å². The van der Waals surface area contributed by atoms with Crippen molar-refractivity contribution < 1.29 is 9.90 Å². The van der Waals surface area contributed by atoms with E-state index < -0.39 is 11.9 Å². The molecule has 0 aliphatic rings. The van der Waals surface area contributed by atoms with Crippen molar-refractivity contribution in [2.45, 2.75) is 6.92 Å². The standard InChI is InChI=1S/C13H14O2/c1-4-11-7-5-6-8-12(11)9(2)10(3)13(14)15/h4-8,10H,1-2H2,3H3,(H,14,15). The van der Waals surface area contributed by atoms with Crippen molar-refractivity contribution in [3.05, 3.63) is 48.6 Å². The maximum Gasteiger partial charge on any atom is 0.310 e. The van der Waals surface area contributed by atoms with Crippen LogP contribution in [0.15, 0.2) is 37.4 Å². The first kappa shape index (κ1) is 11.2. The Morgan fingerprint density at radius 3 is 2.60 bits per heavy atom. The summed E-state index contributed by atoms with van der Waals surface area (Å²) < 4.78 is 0. The third kappa shape index (κ3) is 2.34. The van der Waals surface area contributed by atoms with Gasteiger partial charge in [-0.05, 0) is 23.6 Å². The van der Waals surface area contributed by atoms with Gasteiger partial charge in [-0.1, -0.05) is 43.5 Å². The first-order valence-electron chi connectivity index (χ1n) is 4.71. The Hall–Kier alpha value is -1.83. The van der Waals surface area contributed by atoms with E-state index in [2.05, 4.69) is 13.2 Å². The molecule has 1 aromatic rings. The Balaban J connectivity index is 3.11. The third-order valence-electron chi connectivity index (χ3n) is 2.42. The van der Waals surface area contributed by atoms with Crippen LogP contribution in [0.2, 0.25) is 0 Å². The monoisotopic (exact) mass is 202 g/mol. The predicted octanol–water partition coefficient (Wildman–Crippen LogP) is 3.06. The minimum Gasteiger partial charge on any atom is -0.481 e. The highest BCUT2D eigenvalue weighted by molar-refractivity contribution is 5.88. The molecule has 0 saturated carbocycles. The van der Waals surface area contributed by atoms with Crippen molar-refractivity contribution in [2.24, 2.45) is 5.92 Å². The Kier molecular flexibility index (Phi) is 3.45. The summed E-state index contributed by atoms with van der Waals surface area (Å²) in [5, 5.41) is 8.89. The molecule has 0 aliphatic heterocycles. The topological polar surface area (TPSA) is 37.3 Å². The van der Waals surface area contributed by atoms with E-state index in [-0.39, 0.29) is 0 Å². The fraction of sp³-hybridized carbons (Fsp3) is 0.154. The van der Waals surface area contributed by atoms with Gasteiger partial charge in [-0.2, -0.15) is 0 Å². The molecule has 15 heavy (non-hydrogen) atoms. The van der Waals surface area contributed by atoms with E-state index in [1.807, 2.05) is 24.3 Å². The molecule has 0 heterocycles. The molecule has 1 N–H and O–H groups in total. The van der Waals surface area contributed by atoms with Gasteiger partial charge in [0.2, 0.25) is 0 Å². The molecule has 0 aliphatic carbocycles. The highest BCUT2D eigenvalue weighted by Crippen LogP contribution is 2.25. The second-order valence-corrected chi connectivity index (χ2v) is 3.38. The number of carboxylic acid groups (broad SMARTS) is 1. The van der Waals surface area contributed by atoms with Crippen molar-refractivity contribution >= 4 is 17.6 Å². The van der Waals surface area contributed by atoms with Crippen molar-refractivity contribution in [3.8, 4) is 0 Å². The zero-order chi connectivity index (χ0) is 11.4. The molecular weight excluding hydrogens is 188 g/mol. The van der Waals surface area contributed by atoms with Crippen molar-refractivity contribution in [1.82, 2.24) is 0 Å². The van der Waals surface area contributed by atoms with E-state index in [4.69, 9.17) is 5.11 Å². The van der Waals surface area contributed by atoms with Gasteiger partial charge in [-0.3, -0.25) is 4.79 Å². The fourth-order valence-corrected chi connectivity index (χ4v) is 1.35. The molecule has 0 fully saturated rings. The van der Waals surface area contributed by atoms with Crippen molar-refractivity contribution in [3.63, 3.8) is 0 Å². The summed E-state index contributed by atoms with van der Waals surface area (Å²) in [6.07, 6.45) is 1.70. The molecule has 1 atom stereocenters. The molecule has 0 aromatic heterocycles. The lowest BCUT2D eigenvalue weighted by molar-refractivity contribution is -0.139. The summed E-state index contributed by atoms with van der Waals surface area (Å²) in [5.74, 6) is -1.44. The largest absolute Gasteiger partial charge is 0.481 e. The summed E-state index contributed by atoms with van der Waals surface area (Å²) in [6.45, 7) is 9.15. The molecule has 1 aromatic carbocycles. The van der Waals surface area contributed by atoms with Crippen LogP contribution in [-0.4, -0.2) is 11.1 Å². The summed E-state index contributed by atoms with van der Waals surface area (Å²) in [7, 11) is 0. The van der Waals surface area contributed by atoms with Crippen LogP contribution in [0.1, 0.15) is 18.1 Å². The van der Waals surface area contributed by atoms with Gasteiger partial charge in [-0.25, -0.2) is 0 Å². The van der Waals surface area contributed by atoms with Crippen LogP contribution in [0.25, 0.3) is 11.6 Å². The average molecular weight is 202 g/mol. The van der Waals surface area contributed by atoms with Crippen LogP contribution in [-0.2, 0) is 4.79 Å². The van der Waals surface area contributed by atoms with E-state index in [1.165, 1.54) is 0 Å². The molecular formula is C13H14O2. The maximum atomic E-state index is 10.8. The second-order valence-electron chi connectivity index (χ2n) is 3.38. The lowest BCUT2D eigenvalue weighted by Crippen LogP contribution is -2.11. The Bertz CT molecular complexity index is 405. The number of aliphatic carboxylic acids is 1. The lowest BCUT2D eigenvalue weighted by Gasteiger charge is -2.12. The summed E-state index contributed by atoms with van der Waals surface area (Å²) >= 11 is 0. The van der Waals surface area contributed by atoms with E-state index in [0.29, 0.717) is 5.57 Å².